The van der Waals surface area contributed by atoms with Gasteiger partial charge in [0.25, 0.3) is 0 Å². The highest BCUT2D eigenvalue weighted by Gasteiger charge is 2.20. The third-order valence-electron chi connectivity index (χ3n) is 4.30. The molecule has 1 aromatic heterocycles. The standard InChI is InChI=1S/C21H24ClN3OS/c1-15-6-4-7-16(12-15)13-20(26)25(11-5-10-24(2)3)21-23-18-9-8-17(22)14-19(18)27-21/h4,6-9,12,14H,5,10-11,13H2,1-3H3. The van der Waals surface area contributed by atoms with Gasteiger partial charge in [0.1, 0.15) is 0 Å². The van der Waals surface area contributed by atoms with Crippen molar-refractivity contribution in [1.29, 1.82) is 0 Å². The Balaban J connectivity index is 1.85. The maximum absolute atomic E-state index is 13.1. The molecule has 0 unspecified atom stereocenters. The normalized spacial score (nSPS) is 11.3. The number of hydrogen-bond donors (Lipinski definition) is 0. The summed E-state index contributed by atoms with van der Waals surface area (Å²) in [4.78, 5) is 21.7. The molecule has 142 valence electrons. The van der Waals surface area contributed by atoms with Crippen LogP contribution in [-0.2, 0) is 11.2 Å². The second-order valence-electron chi connectivity index (χ2n) is 6.98. The highest BCUT2D eigenvalue weighted by atomic mass is 35.5. The number of thiazole rings is 1. The number of halogens is 1. The SMILES string of the molecule is Cc1cccc(CC(=O)N(CCCN(C)C)c2nc3ccc(Cl)cc3s2)c1. The van der Waals surface area contributed by atoms with Crippen LogP contribution in [0.3, 0.4) is 0 Å². The number of nitrogens with zero attached hydrogens (tertiary/aromatic N) is 3. The van der Waals surface area contributed by atoms with Gasteiger partial charge in [-0.05, 0) is 57.7 Å². The van der Waals surface area contributed by atoms with Crippen molar-refractivity contribution < 1.29 is 4.79 Å². The first-order valence-electron chi connectivity index (χ1n) is 8.99. The predicted molar refractivity (Wildman–Crippen MR) is 115 cm³/mol. The monoisotopic (exact) mass is 401 g/mol. The highest BCUT2D eigenvalue weighted by molar-refractivity contribution is 7.22. The maximum atomic E-state index is 13.1. The maximum Gasteiger partial charge on any atom is 0.233 e. The van der Waals surface area contributed by atoms with E-state index in [1.165, 1.54) is 11.3 Å². The molecule has 0 aliphatic rings. The van der Waals surface area contributed by atoms with E-state index in [1.807, 2.05) is 62.3 Å². The zero-order chi connectivity index (χ0) is 19.4. The number of rotatable bonds is 7. The lowest BCUT2D eigenvalue weighted by molar-refractivity contribution is -0.118. The van der Waals surface area contributed by atoms with Crippen molar-refractivity contribution in [2.24, 2.45) is 0 Å². The molecular formula is C21H24ClN3OS. The molecule has 0 aliphatic heterocycles. The number of aromatic nitrogens is 1. The molecule has 27 heavy (non-hydrogen) atoms. The molecule has 1 amide bonds. The Morgan fingerprint density at radius 3 is 2.70 bits per heavy atom. The minimum atomic E-state index is 0.0736. The summed E-state index contributed by atoms with van der Waals surface area (Å²) in [7, 11) is 4.08. The Labute approximate surface area is 169 Å². The molecule has 0 atom stereocenters. The molecule has 0 spiro atoms. The first-order chi connectivity index (χ1) is 12.9. The first-order valence-corrected chi connectivity index (χ1v) is 10.2. The van der Waals surface area contributed by atoms with Gasteiger partial charge < -0.3 is 4.90 Å². The minimum Gasteiger partial charge on any atom is -0.309 e. The average Bonchev–Trinajstić information content (AvgIpc) is 3.01. The number of benzene rings is 2. The molecule has 3 rings (SSSR count). The van der Waals surface area contributed by atoms with Crippen molar-refractivity contribution in [3.05, 3.63) is 58.6 Å². The smallest absolute Gasteiger partial charge is 0.233 e. The third kappa shape index (κ3) is 5.28. The molecular weight excluding hydrogens is 378 g/mol. The van der Waals surface area contributed by atoms with E-state index < -0.39 is 0 Å². The van der Waals surface area contributed by atoms with Crippen LogP contribution in [0.25, 0.3) is 10.2 Å². The second-order valence-corrected chi connectivity index (χ2v) is 8.42. The molecule has 0 saturated heterocycles. The van der Waals surface area contributed by atoms with Gasteiger partial charge in [-0.25, -0.2) is 4.98 Å². The van der Waals surface area contributed by atoms with Gasteiger partial charge in [-0.3, -0.25) is 9.69 Å². The summed E-state index contributed by atoms with van der Waals surface area (Å²) in [5.74, 6) is 0.0736. The number of anilines is 1. The second kappa shape index (κ2) is 8.83. The zero-order valence-electron chi connectivity index (χ0n) is 15.9. The van der Waals surface area contributed by atoms with Crippen LogP contribution in [-0.4, -0.2) is 43.0 Å². The Kier molecular flexibility index (Phi) is 6.47. The van der Waals surface area contributed by atoms with Crippen molar-refractivity contribution in [1.82, 2.24) is 9.88 Å². The van der Waals surface area contributed by atoms with Gasteiger partial charge in [0.05, 0.1) is 16.6 Å². The largest absolute Gasteiger partial charge is 0.309 e. The molecule has 0 aliphatic carbocycles. The van der Waals surface area contributed by atoms with Gasteiger partial charge in [-0.1, -0.05) is 52.8 Å². The fourth-order valence-corrected chi connectivity index (χ4v) is 4.25. The van der Waals surface area contributed by atoms with Crippen LogP contribution in [0, 0.1) is 6.92 Å². The molecule has 0 saturated carbocycles. The van der Waals surface area contributed by atoms with Gasteiger partial charge in [0.15, 0.2) is 5.13 Å². The summed E-state index contributed by atoms with van der Waals surface area (Å²) >= 11 is 7.62. The third-order valence-corrected chi connectivity index (χ3v) is 5.57. The number of aryl methyl sites for hydroxylation is 1. The summed E-state index contributed by atoms with van der Waals surface area (Å²) in [5, 5.41) is 1.42. The lowest BCUT2D eigenvalue weighted by Gasteiger charge is -2.21. The van der Waals surface area contributed by atoms with Crippen LogP contribution in [0.5, 0.6) is 0 Å². The van der Waals surface area contributed by atoms with Crippen LogP contribution in [0.4, 0.5) is 5.13 Å². The Morgan fingerprint density at radius 2 is 1.96 bits per heavy atom. The van der Waals surface area contributed by atoms with E-state index in [9.17, 15) is 4.79 Å². The Hall–Kier alpha value is -1.95. The quantitative estimate of drug-likeness (QED) is 0.571. The van der Waals surface area contributed by atoms with Gasteiger partial charge in [0, 0.05) is 11.6 Å². The molecule has 2 aromatic carbocycles. The van der Waals surface area contributed by atoms with Crippen LogP contribution in [0.15, 0.2) is 42.5 Å². The molecule has 0 radical (unpaired) electrons. The predicted octanol–water partition coefficient (Wildman–Crippen LogP) is 4.79. The molecule has 0 fully saturated rings. The number of hydrogen-bond acceptors (Lipinski definition) is 4. The fraction of sp³-hybridized carbons (Fsp3) is 0.333. The van der Waals surface area contributed by atoms with E-state index >= 15 is 0 Å². The molecule has 0 N–H and O–H groups in total. The van der Waals surface area contributed by atoms with Gasteiger partial charge in [0.2, 0.25) is 5.91 Å². The van der Waals surface area contributed by atoms with Crippen molar-refractivity contribution in [3.63, 3.8) is 0 Å². The van der Waals surface area contributed by atoms with E-state index in [2.05, 4.69) is 16.0 Å². The highest BCUT2D eigenvalue weighted by Crippen LogP contribution is 2.31. The average molecular weight is 402 g/mol. The van der Waals surface area contributed by atoms with Crippen molar-refractivity contribution in [2.45, 2.75) is 19.8 Å². The molecule has 3 aromatic rings. The van der Waals surface area contributed by atoms with E-state index in [0.717, 1.165) is 39.4 Å². The molecule has 6 heteroatoms. The van der Waals surface area contributed by atoms with E-state index in [1.54, 1.807) is 0 Å². The van der Waals surface area contributed by atoms with Gasteiger partial charge >= 0.3 is 0 Å². The summed E-state index contributed by atoms with van der Waals surface area (Å²) in [5.41, 5.74) is 3.07. The van der Waals surface area contributed by atoms with Crippen LogP contribution in [0.1, 0.15) is 17.5 Å². The van der Waals surface area contributed by atoms with Gasteiger partial charge in [-0.15, -0.1) is 0 Å². The number of amides is 1. The lowest BCUT2D eigenvalue weighted by Crippen LogP contribution is -2.34. The summed E-state index contributed by atoms with van der Waals surface area (Å²) in [6.45, 7) is 3.61. The summed E-state index contributed by atoms with van der Waals surface area (Å²) < 4.78 is 0.999. The number of carbonyl (C=O) groups excluding carboxylic acids is 1. The van der Waals surface area contributed by atoms with Crippen molar-refractivity contribution >= 4 is 44.2 Å². The minimum absolute atomic E-state index is 0.0736. The van der Waals surface area contributed by atoms with Crippen LogP contribution >= 0.6 is 22.9 Å². The lowest BCUT2D eigenvalue weighted by atomic mass is 10.1. The Bertz CT molecular complexity index is 938. The summed E-state index contributed by atoms with van der Waals surface area (Å²) in [6.07, 6.45) is 1.27. The van der Waals surface area contributed by atoms with Crippen LogP contribution in [0.2, 0.25) is 5.02 Å². The van der Waals surface area contributed by atoms with Gasteiger partial charge in [-0.2, -0.15) is 0 Å². The van der Waals surface area contributed by atoms with Crippen molar-refractivity contribution in [2.75, 3.05) is 32.1 Å². The molecule has 1 heterocycles. The zero-order valence-corrected chi connectivity index (χ0v) is 17.5. The Morgan fingerprint density at radius 1 is 1.15 bits per heavy atom. The molecule has 0 bridgehead atoms. The van der Waals surface area contributed by atoms with E-state index in [4.69, 9.17) is 11.6 Å². The van der Waals surface area contributed by atoms with E-state index in [-0.39, 0.29) is 5.91 Å². The topological polar surface area (TPSA) is 36.4 Å². The molecule has 4 nitrogen and oxygen atoms in total. The van der Waals surface area contributed by atoms with Crippen LogP contribution < -0.4 is 4.90 Å². The summed E-state index contributed by atoms with van der Waals surface area (Å²) in [6, 6.07) is 13.7. The van der Waals surface area contributed by atoms with Crippen molar-refractivity contribution in [3.8, 4) is 0 Å². The number of fused-ring (bicyclic) bond motifs is 1. The number of carbonyl (C=O) groups is 1. The first kappa shape index (κ1) is 19.8. The fourth-order valence-electron chi connectivity index (χ4n) is 2.97. The van der Waals surface area contributed by atoms with E-state index in [0.29, 0.717) is 18.0 Å².